The first-order valence-corrected chi connectivity index (χ1v) is 13.1. The molecule has 0 bridgehead atoms. The lowest BCUT2D eigenvalue weighted by Gasteiger charge is -2.10. The van der Waals surface area contributed by atoms with Gasteiger partial charge < -0.3 is 4.42 Å². The molecule has 0 atom stereocenters. The van der Waals surface area contributed by atoms with E-state index in [1.54, 1.807) is 0 Å². The van der Waals surface area contributed by atoms with Crippen LogP contribution >= 0.6 is 15.9 Å². The molecule has 5 aromatic carbocycles. The van der Waals surface area contributed by atoms with Crippen LogP contribution in [0.5, 0.6) is 0 Å². The molecule has 0 aliphatic rings. The fraction of sp³-hybridized carbons (Fsp3) is 0. The average Bonchev–Trinajstić information content (AvgIpc) is 3.38. The molecule has 180 valence electrons. The van der Waals surface area contributed by atoms with Gasteiger partial charge in [0, 0.05) is 27.5 Å². The molecule has 0 fully saturated rings. The molecule has 7 rings (SSSR count). The number of hydrogen-bond acceptors (Lipinski definition) is 4. The van der Waals surface area contributed by atoms with Crippen molar-refractivity contribution in [2.24, 2.45) is 0 Å². The second-order valence-electron chi connectivity index (χ2n) is 9.02. The second-order valence-corrected chi connectivity index (χ2v) is 9.81. The standard InChI is InChI=1S/C33H20BrN3O/c34-29-25(19-20-27-26-13-7-8-14-28(26)38-30(27)29)21-15-17-24(18-16-21)33-36-31(22-9-3-1-4-10-22)35-32(37-33)23-11-5-2-6-12-23/h1-20H. The van der Waals surface area contributed by atoms with E-state index in [2.05, 4.69) is 58.4 Å². The van der Waals surface area contributed by atoms with Gasteiger partial charge in [-0.25, -0.2) is 15.0 Å². The zero-order valence-corrected chi connectivity index (χ0v) is 21.8. The molecule has 0 radical (unpaired) electrons. The van der Waals surface area contributed by atoms with Gasteiger partial charge in [-0.1, -0.05) is 109 Å². The summed E-state index contributed by atoms with van der Waals surface area (Å²) in [4.78, 5) is 14.5. The zero-order valence-electron chi connectivity index (χ0n) is 20.2. The highest BCUT2D eigenvalue weighted by Gasteiger charge is 2.15. The van der Waals surface area contributed by atoms with Crippen molar-refractivity contribution in [2.75, 3.05) is 0 Å². The van der Waals surface area contributed by atoms with Crippen molar-refractivity contribution < 1.29 is 4.42 Å². The van der Waals surface area contributed by atoms with Gasteiger partial charge in [-0.05, 0) is 39.2 Å². The van der Waals surface area contributed by atoms with E-state index in [1.807, 2.05) is 78.9 Å². The predicted octanol–water partition coefficient (Wildman–Crippen LogP) is 9.20. The van der Waals surface area contributed by atoms with Crippen LogP contribution in [0.1, 0.15) is 0 Å². The third kappa shape index (κ3) is 3.98. The first-order valence-electron chi connectivity index (χ1n) is 12.3. The Hall–Kier alpha value is -4.61. The van der Waals surface area contributed by atoms with Crippen molar-refractivity contribution in [2.45, 2.75) is 0 Å². The Balaban J connectivity index is 1.31. The summed E-state index contributed by atoms with van der Waals surface area (Å²) < 4.78 is 7.12. The number of nitrogens with zero attached hydrogens (tertiary/aromatic N) is 3. The predicted molar refractivity (Wildman–Crippen MR) is 157 cm³/mol. The average molecular weight is 554 g/mol. The Morgan fingerprint density at radius 3 is 1.55 bits per heavy atom. The number of para-hydroxylation sites is 1. The number of benzene rings is 5. The molecular formula is C33H20BrN3O. The van der Waals surface area contributed by atoms with E-state index in [0.29, 0.717) is 17.5 Å². The van der Waals surface area contributed by atoms with Gasteiger partial charge in [-0.15, -0.1) is 0 Å². The molecule has 38 heavy (non-hydrogen) atoms. The number of furan rings is 1. The Bertz CT molecular complexity index is 1860. The van der Waals surface area contributed by atoms with Gasteiger partial charge in [0.2, 0.25) is 0 Å². The van der Waals surface area contributed by atoms with Crippen LogP contribution in [0.15, 0.2) is 130 Å². The zero-order chi connectivity index (χ0) is 25.5. The molecule has 5 heteroatoms. The number of aromatic nitrogens is 3. The van der Waals surface area contributed by atoms with Crippen molar-refractivity contribution in [3.63, 3.8) is 0 Å². The lowest BCUT2D eigenvalue weighted by Crippen LogP contribution is -2.00. The molecule has 0 N–H and O–H groups in total. The van der Waals surface area contributed by atoms with Gasteiger partial charge in [-0.2, -0.15) is 0 Å². The van der Waals surface area contributed by atoms with Gasteiger partial charge in [0.25, 0.3) is 0 Å². The van der Waals surface area contributed by atoms with Crippen LogP contribution in [0, 0.1) is 0 Å². The molecule has 0 unspecified atom stereocenters. The minimum absolute atomic E-state index is 0.635. The summed E-state index contributed by atoms with van der Waals surface area (Å²) in [5.41, 5.74) is 6.70. The van der Waals surface area contributed by atoms with Crippen LogP contribution in [0.2, 0.25) is 0 Å². The van der Waals surface area contributed by atoms with E-state index in [0.717, 1.165) is 54.2 Å². The Morgan fingerprint density at radius 2 is 0.947 bits per heavy atom. The third-order valence-electron chi connectivity index (χ3n) is 6.64. The summed E-state index contributed by atoms with van der Waals surface area (Å²) in [7, 11) is 0. The minimum Gasteiger partial charge on any atom is -0.455 e. The van der Waals surface area contributed by atoms with E-state index in [4.69, 9.17) is 19.4 Å². The molecule has 0 saturated carbocycles. The number of halogens is 1. The maximum absolute atomic E-state index is 6.18. The van der Waals surface area contributed by atoms with Gasteiger partial charge in [0.15, 0.2) is 17.5 Å². The van der Waals surface area contributed by atoms with Crippen molar-refractivity contribution >= 4 is 37.9 Å². The fourth-order valence-electron chi connectivity index (χ4n) is 4.72. The molecule has 0 saturated heterocycles. The lowest BCUT2D eigenvalue weighted by molar-refractivity contribution is 0.667. The van der Waals surface area contributed by atoms with E-state index in [9.17, 15) is 0 Å². The summed E-state index contributed by atoms with van der Waals surface area (Å²) in [5, 5.41) is 2.21. The van der Waals surface area contributed by atoms with Crippen molar-refractivity contribution in [3.8, 4) is 45.3 Å². The second kappa shape index (κ2) is 9.36. The fourth-order valence-corrected chi connectivity index (χ4v) is 5.37. The first kappa shape index (κ1) is 22.6. The maximum Gasteiger partial charge on any atom is 0.164 e. The van der Waals surface area contributed by atoms with Crippen molar-refractivity contribution in [3.05, 3.63) is 126 Å². The van der Waals surface area contributed by atoms with Gasteiger partial charge >= 0.3 is 0 Å². The monoisotopic (exact) mass is 553 g/mol. The number of fused-ring (bicyclic) bond motifs is 3. The van der Waals surface area contributed by atoms with Crippen LogP contribution in [0.4, 0.5) is 0 Å². The highest BCUT2D eigenvalue weighted by molar-refractivity contribution is 9.10. The largest absolute Gasteiger partial charge is 0.455 e. The molecule has 0 amide bonds. The smallest absolute Gasteiger partial charge is 0.164 e. The molecule has 2 aromatic heterocycles. The summed E-state index contributed by atoms with van der Waals surface area (Å²) in [5.74, 6) is 1.93. The van der Waals surface area contributed by atoms with Crippen LogP contribution in [0.3, 0.4) is 0 Å². The normalized spacial score (nSPS) is 11.3. The summed E-state index contributed by atoms with van der Waals surface area (Å²) >= 11 is 3.80. The van der Waals surface area contributed by atoms with Crippen LogP contribution in [-0.4, -0.2) is 15.0 Å². The van der Waals surface area contributed by atoms with Gasteiger partial charge in [-0.3, -0.25) is 0 Å². The maximum atomic E-state index is 6.18. The van der Waals surface area contributed by atoms with Crippen molar-refractivity contribution in [1.82, 2.24) is 15.0 Å². The molecule has 2 heterocycles. The van der Waals surface area contributed by atoms with Crippen molar-refractivity contribution in [1.29, 1.82) is 0 Å². The molecule has 7 aromatic rings. The van der Waals surface area contributed by atoms with E-state index < -0.39 is 0 Å². The first-order chi connectivity index (χ1) is 18.7. The molecular weight excluding hydrogens is 534 g/mol. The Kier molecular flexibility index (Phi) is 5.56. The van der Waals surface area contributed by atoms with Gasteiger partial charge in [0.05, 0.1) is 4.47 Å². The minimum atomic E-state index is 0.635. The number of hydrogen-bond donors (Lipinski definition) is 0. The molecule has 0 aliphatic heterocycles. The number of rotatable bonds is 4. The summed E-state index contributed by atoms with van der Waals surface area (Å²) in [6.45, 7) is 0. The third-order valence-corrected chi connectivity index (χ3v) is 7.43. The highest BCUT2D eigenvalue weighted by Crippen LogP contribution is 2.39. The van der Waals surface area contributed by atoms with Gasteiger partial charge in [0.1, 0.15) is 11.2 Å². The van der Waals surface area contributed by atoms with E-state index >= 15 is 0 Å². The van der Waals surface area contributed by atoms with E-state index in [-0.39, 0.29) is 0 Å². The topological polar surface area (TPSA) is 51.8 Å². The van der Waals surface area contributed by atoms with Crippen LogP contribution < -0.4 is 0 Å². The quantitative estimate of drug-likeness (QED) is 0.218. The van der Waals surface area contributed by atoms with E-state index in [1.165, 1.54) is 0 Å². The van der Waals surface area contributed by atoms with Crippen LogP contribution in [0.25, 0.3) is 67.2 Å². The Labute approximate surface area is 227 Å². The highest BCUT2D eigenvalue weighted by atomic mass is 79.9. The molecule has 4 nitrogen and oxygen atoms in total. The summed E-state index contributed by atoms with van der Waals surface area (Å²) in [6.07, 6.45) is 0. The molecule has 0 aliphatic carbocycles. The lowest BCUT2D eigenvalue weighted by atomic mass is 10.0. The summed E-state index contributed by atoms with van der Waals surface area (Å²) in [6, 6.07) is 40.7. The Morgan fingerprint density at radius 1 is 0.447 bits per heavy atom. The van der Waals surface area contributed by atoms with Crippen LogP contribution in [-0.2, 0) is 0 Å². The molecule has 0 spiro atoms. The SMILES string of the molecule is Brc1c(-c2ccc(-c3nc(-c4ccccc4)nc(-c4ccccc4)n3)cc2)ccc2c1oc1ccccc12.